The highest BCUT2D eigenvalue weighted by Crippen LogP contribution is 2.31. The first kappa shape index (κ1) is 8.80. The molecule has 0 saturated heterocycles. The van der Waals surface area contributed by atoms with Crippen LogP contribution in [0.15, 0.2) is 6.07 Å². The average Bonchev–Trinajstić information content (AvgIpc) is 2.31. The summed E-state index contributed by atoms with van der Waals surface area (Å²) in [5.74, 6) is 4.50. The number of carbonyl (C=O) groups excluding carboxylic acids is 1. The Balaban J connectivity index is 2.97. The van der Waals surface area contributed by atoms with E-state index in [9.17, 15) is 4.79 Å². The largest absolute Gasteiger partial charge is 0.289 e. The standard InChI is InChI=1S/C5H4Cl2N2OS/c6-2-1-3(5(10)9-8)11-4(2)7/h1H,8H2,(H,9,10). The van der Waals surface area contributed by atoms with E-state index in [1.807, 2.05) is 5.43 Å². The van der Waals surface area contributed by atoms with E-state index in [1.54, 1.807) is 0 Å². The van der Waals surface area contributed by atoms with E-state index in [0.29, 0.717) is 14.2 Å². The Morgan fingerprint density at radius 3 is 2.64 bits per heavy atom. The van der Waals surface area contributed by atoms with Crippen molar-refractivity contribution < 1.29 is 4.79 Å². The van der Waals surface area contributed by atoms with E-state index in [2.05, 4.69) is 0 Å². The minimum absolute atomic E-state index is 0.371. The SMILES string of the molecule is NNC(=O)c1cc(Cl)c(Cl)s1. The molecule has 0 saturated carbocycles. The average molecular weight is 211 g/mol. The topological polar surface area (TPSA) is 55.1 Å². The Labute approximate surface area is 77.1 Å². The molecule has 1 amide bonds. The number of hydrogen-bond donors (Lipinski definition) is 2. The lowest BCUT2D eigenvalue weighted by atomic mass is 10.4. The molecule has 0 aliphatic rings. The van der Waals surface area contributed by atoms with Crippen LogP contribution in [0, 0.1) is 0 Å². The molecule has 1 rings (SSSR count). The van der Waals surface area contributed by atoms with Crippen LogP contribution in [0.2, 0.25) is 9.36 Å². The van der Waals surface area contributed by atoms with Crippen molar-refractivity contribution in [3.8, 4) is 0 Å². The molecule has 0 aromatic carbocycles. The number of hydrogen-bond acceptors (Lipinski definition) is 3. The van der Waals surface area contributed by atoms with Crippen molar-refractivity contribution >= 4 is 40.4 Å². The molecule has 0 fully saturated rings. The molecule has 0 radical (unpaired) electrons. The van der Waals surface area contributed by atoms with Crippen molar-refractivity contribution in [3.63, 3.8) is 0 Å². The van der Waals surface area contributed by atoms with Gasteiger partial charge >= 0.3 is 0 Å². The number of nitrogen functional groups attached to an aromatic ring is 1. The predicted molar refractivity (Wildman–Crippen MR) is 46.0 cm³/mol. The fourth-order valence-corrected chi connectivity index (χ4v) is 1.80. The van der Waals surface area contributed by atoms with Crippen LogP contribution in [0.4, 0.5) is 0 Å². The lowest BCUT2D eigenvalue weighted by Gasteiger charge is -1.90. The van der Waals surface area contributed by atoms with Crippen LogP contribution in [-0.2, 0) is 0 Å². The molecule has 1 heterocycles. The summed E-state index contributed by atoms with van der Waals surface area (Å²) in [4.78, 5) is 11.2. The van der Waals surface area contributed by atoms with Gasteiger partial charge in [-0.05, 0) is 6.07 Å². The van der Waals surface area contributed by atoms with Crippen molar-refractivity contribution in [2.45, 2.75) is 0 Å². The number of nitrogens with two attached hydrogens (primary N) is 1. The molecule has 3 nitrogen and oxygen atoms in total. The van der Waals surface area contributed by atoms with Crippen molar-refractivity contribution in [2.24, 2.45) is 5.84 Å². The van der Waals surface area contributed by atoms with Gasteiger partial charge in [-0.25, -0.2) is 5.84 Å². The number of carbonyl (C=O) groups is 1. The molecule has 60 valence electrons. The second kappa shape index (κ2) is 3.40. The summed E-state index contributed by atoms with van der Waals surface area (Å²) in [7, 11) is 0. The highest BCUT2D eigenvalue weighted by molar-refractivity contribution is 7.18. The van der Waals surface area contributed by atoms with Crippen LogP contribution in [-0.4, -0.2) is 5.91 Å². The van der Waals surface area contributed by atoms with Gasteiger partial charge in [0.1, 0.15) is 4.34 Å². The molecule has 11 heavy (non-hydrogen) atoms. The van der Waals surface area contributed by atoms with Crippen LogP contribution in [0.25, 0.3) is 0 Å². The third-order valence-electron chi connectivity index (χ3n) is 1.00. The summed E-state index contributed by atoms with van der Waals surface area (Å²) in [6, 6.07) is 1.47. The van der Waals surface area contributed by atoms with Crippen molar-refractivity contribution in [1.82, 2.24) is 5.43 Å². The Morgan fingerprint density at radius 1 is 1.64 bits per heavy atom. The number of hydrazine groups is 1. The number of thiophene rings is 1. The fourth-order valence-electron chi connectivity index (χ4n) is 0.530. The third kappa shape index (κ3) is 1.84. The minimum atomic E-state index is -0.385. The summed E-state index contributed by atoms with van der Waals surface area (Å²) in [6.07, 6.45) is 0. The van der Waals surface area contributed by atoms with Gasteiger partial charge in [-0.3, -0.25) is 10.2 Å². The van der Waals surface area contributed by atoms with E-state index >= 15 is 0 Å². The number of nitrogens with one attached hydrogen (secondary N) is 1. The maximum absolute atomic E-state index is 10.8. The Kier molecular flexibility index (Phi) is 2.72. The molecule has 3 N–H and O–H groups in total. The molecular formula is C5H4Cl2N2OS. The molecule has 0 unspecified atom stereocenters. The highest BCUT2D eigenvalue weighted by atomic mass is 35.5. The van der Waals surface area contributed by atoms with Gasteiger partial charge in [0.05, 0.1) is 9.90 Å². The normalized spacial score (nSPS) is 9.73. The summed E-state index contributed by atoms with van der Waals surface area (Å²) in [5.41, 5.74) is 1.98. The third-order valence-corrected chi connectivity index (χ3v) is 2.86. The van der Waals surface area contributed by atoms with E-state index in [4.69, 9.17) is 29.0 Å². The predicted octanol–water partition coefficient (Wildman–Crippen LogP) is 1.66. The lowest BCUT2D eigenvalue weighted by Crippen LogP contribution is -2.29. The monoisotopic (exact) mass is 210 g/mol. The Bertz CT molecular complexity index is 267. The summed E-state index contributed by atoms with van der Waals surface area (Å²) in [5, 5.41) is 0.371. The second-order valence-electron chi connectivity index (χ2n) is 1.71. The first-order chi connectivity index (χ1) is 5.15. The van der Waals surface area contributed by atoms with Gasteiger partial charge < -0.3 is 0 Å². The summed E-state index contributed by atoms with van der Waals surface area (Å²) < 4.78 is 0.394. The Morgan fingerprint density at radius 2 is 2.27 bits per heavy atom. The fraction of sp³-hybridized carbons (Fsp3) is 0. The van der Waals surface area contributed by atoms with Gasteiger partial charge in [-0.2, -0.15) is 0 Å². The maximum Gasteiger partial charge on any atom is 0.275 e. The molecule has 6 heteroatoms. The molecule has 1 aromatic heterocycles. The first-order valence-electron chi connectivity index (χ1n) is 2.61. The van der Waals surface area contributed by atoms with E-state index in [0.717, 1.165) is 11.3 Å². The molecule has 0 atom stereocenters. The molecular weight excluding hydrogens is 207 g/mol. The van der Waals surface area contributed by atoms with Gasteiger partial charge in [0.2, 0.25) is 0 Å². The van der Waals surface area contributed by atoms with Gasteiger partial charge in [-0.15, -0.1) is 11.3 Å². The maximum atomic E-state index is 10.8. The number of halogens is 2. The lowest BCUT2D eigenvalue weighted by molar-refractivity contribution is 0.0957. The van der Waals surface area contributed by atoms with Crippen LogP contribution in [0.1, 0.15) is 9.67 Å². The smallest absolute Gasteiger partial charge is 0.275 e. The van der Waals surface area contributed by atoms with E-state index < -0.39 is 0 Å². The molecule has 0 aliphatic carbocycles. The van der Waals surface area contributed by atoms with Crippen LogP contribution in [0.3, 0.4) is 0 Å². The highest BCUT2D eigenvalue weighted by Gasteiger charge is 2.10. The summed E-state index contributed by atoms with van der Waals surface area (Å²) >= 11 is 12.3. The van der Waals surface area contributed by atoms with Crippen LogP contribution in [0.5, 0.6) is 0 Å². The van der Waals surface area contributed by atoms with Gasteiger partial charge in [0, 0.05) is 0 Å². The van der Waals surface area contributed by atoms with Gasteiger partial charge in [-0.1, -0.05) is 23.2 Å². The van der Waals surface area contributed by atoms with Gasteiger partial charge in [0.15, 0.2) is 0 Å². The molecule has 0 aliphatic heterocycles. The quantitative estimate of drug-likeness (QED) is 0.421. The van der Waals surface area contributed by atoms with Crippen LogP contribution < -0.4 is 11.3 Å². The molecule has 0 bridgehead atoms. The van der Waals surface area contributed by atoms with Gasteiger partial charge in [0.25, 0.3) is 5.91 Å². The zero-order valence-corrected chi connectivity index (χ0v) is 7.56. The van der Waals surface area contributed by atoms with Crippen molar-refractivity contribution in [3.05, 3.63) is 20.3 Å². The number of rotatable bonds is 1. The molecule has 1 aromatic rings. The zero-order chi connectivity index (χ0) is 8.43. The second-order valence-corrected chi connectivity index (χ2v) is 3.77. The van der Waals surface area contributed by atoms with E-state index in [-0.39, 0.29) is 5.91 Å². The van der Waals surface area contributed by atoms with E-state index in [1.165, 1.54) is 6.07 Å². The number of amides is 1. The zero-order valence-electron chi connectivity index (χ0n) is 5.23. The van der Waals surface area contributed by atoms with Crippen LogP contribution >= 0.6 is 34.5 Å². The first-order valence-corrected chi connectivity index (χ1v) is 4.18. The minimum Gasteiger partial charge on any atom is -0.289 e. The Hall–Kier alpha value is -0.290. The van der Waals surface area contributed by atoms with Crippen molar-refractivity contribution in [1.29, 1.82) is 0 Å². The summed E-state index contributed by atoms with van der Waals surface area (Å²) in [6.45, 7) is 0. The molecule has 0 spiro atoms. The van der Waals surface area contributed by atoms with Crippen molar-refractivity contribution in [2.75, 3.05) is 0 Å².